The van der Waals surface area contributed by atoms with Crippen molar-refractivity contribution in [2.45, 2.75) is 6.92 Å². The smallest absolute Gasteiger partial charge is 0.332 e. The Hall–Kier alpha value is -3.03. The Morgan fingerprint density at radius 1 is 1.26 bits per heavy atom. The fourth-order valence-corrected chi connectivity index (χ4v) is 2.40. The molecule has 0 aliphatic carbocycles. The van der Waals surface area contributed by atoms with Crippen molar-refractivity contribution in [1.82, 2.24) is 19.1 Å². The maximum absolute atomic E-state index is 12.2. The molecule has 0 spiro atoms. The van der Waals surface area contributed by atoms with Crippen LogP contribution in [0.2, 0.25) is 0 Å². The standard InChI is InChI=1S/C15H16N4O4/c1-4-23-10-7-8(5-6-9(10)20)12-16-11-13(17-12)18(2)15(22)19(3)14(11)21/h5-7,20H,4H2,1-3H3,(H,16,17). The van der Waals surface area contributed by atoms with Crippen molar-refractivity contribution in [3.05, 3.63) is 39.0 Å². The third-order valence-corrected chi connectivity index (χ3v) is 3.63. The summed E-state index contributed by atoms with van der Waals surface area (Å²) >= 11 is 0. The Balaban J connectivity index is 2.24. The number of aromatic nitrogens is 4. The molecule has 2 N–H and O–H groups in total. The molecule has 23 heavy (non-hydrogen) atoms. The van der Waals surface area contributed by atoms with Gasteiger partial charge in [-0.05, 0) is 25.1 Å². The Kier molecular flexibility index (Phi) is 3.44. The largest absolute Gasteiger partial charge is 0.504 e. The van der Waals surface area contributed by atoms with Crippen molar-refractivity contribution >= 4 is 11.2 Å². The summed E-state index contributed by atoms with van der Waals surface area (Å²) in [5, 5.41) is 9.76. The van der Waals surface area contributed by atoms with Crippen molar-refractivity contribution < 1.29 is 9.84 Å². The first-order valence-corrected chi connectivity index (χ1v) is 7.06. The summed E-state index contributed by atoms with van der Waals surface area (Å²) in [7, 11) is 2.97. The summed E-state index contributed by atoms with van der Waals surface area (Å²) in [5.74, 6) is 0.765. The molecule has 2 heterocycles. The third-order valence-electron chi connectivity index (χ3n) is 3.63. The normalized spacial score (nSPS) is 11.1. The van der Waals surface area contributed by atoms with Gasteiger partial charge in [-0.25, -0.2) is 9.78 Å². The Bertz CT molecular complexity index is 1010. The average Bonchev–Trinajstić information content (AvgIpc) is 2.98. The van der Waals surface area contributed by atoms with Gasteiger partial charge in [0.2, 0.25) is 0 Å². The quantitative estimate of drug-likeness (QED) is 0.741. The van der Waals surface area contributed by atoms with Gasteiger partial charge >= 0.3 is 5.69 Å². The molecule has 0 fully saturated rings. The molecule has 1 aromatic carbocycles. The minimum Gasteiger partial charge on any atom is -0.504 e. The molecule has 0 aliphatic heterocycles. The monoisotopic (exact) mass is 316 g/mol. The van der Waals surface area contributed by atoms with Gasteiger partial charge in [0.05, 0.1) is 6.61 Å². The number of aromatic amines is 1. The third kappa shape index (κ3) is 2.28. The van der Waals surface area contributed by atoms with Crippen molar-refractivity contribution in [2.24, 2.45) is 14.1 Å². The zero-order valence-electron chi connectivity index (χ0n) is 13.0. The van der Waals surface area contributed by atoms with Gasteiger partial charge in [0.1, 0.15) is 11.3 Å². The van der Waals surface area contributed by atoms with Crippen LogP contribution in [0, 0.1) is 0 Å². The summed E-state index contributed by atoms with van der Waals surface area (Å²) in [4.78, 5) is 31.4. The first-order chi connectivity index (χ1) is 10.9. The number of rotatable bonds is 3. The summed E-state index contributed by atoms with van der Waals surface area (Å²) < 4.78 is 7.67. The maximum Gasteiger partial charge on any atom is 0.332 e. The number of H-pyrrole nitrogens is 1. The van der Waals surface area contributed by atoms with E-state index >= 15 is 0 Å². The summed E-state index contributed by atoms with van der Waals surface area (Å²) in [6, 6.07) is 4.77. The lowest BCUT2D eigenvalue weighted by Crippen LogP contribution is -2.36. The highest BCUT2D eigenvalue weighted by Crippen LogP contribution is 2.31. The summed E-state index contributed by atoms with van der Waals surface area (Å²) in [6.45, 7) is 2.22. The van der Waals surface area contributed by atoms with E-state index in [1.807, 2.05) is 6.92 Å². The molecule has 0 atom stereocenters. The Morgan fingerprint density at radius 3 is 2.70 bits per heavy atom. The molecule has 3 rings (SSSR count). The minimum atomic E-state index is -0.443. The van der Waals surface area contributed by atoms with Crippen LogP contribution in [-0.4, -0.2) is 30.8 Å². The van der Waals surface area contributed by atoms with Crippen molar-refractivity contribution in [1.29, 1.82) is 0 Å². The number of fused-ring (bicyclic) bond motifs is 1. The van der Waals surface area contributed by atoms with E-state index in [2.05, 4.69) is 9.97 Å². The van der Waals surface area contributed by atoms with E-state index in [1.54, 1.807) is 19.2 Å². The Morgan fingerprint density at radius 2 is 2.00 bits per heavy atom. The number of nitrogens with zero attached hydrogens (tertiary/aromatic N) is 3. The number of hydrogen-bond acceptors (Lipinski definition) is 5. The fourth-order valence-electron chi connectivity index (χ4n) is 2.40. The number of ether oxygens (including phenoxy) is 1. The second-order valence-corrected chi connectivity index (χ2v) is 5.11. The molecule has 8 heteroatoms. The van der Waals surface area contributed by atoms with Crippen LogP contribution in [0.1, 0.15) is 6.92 Å². The lowest BCUT2D eigenvalue weighted by Gasteiger charge is -2.06. The minimum absolute atomic E-state index is 0.0232. The molecular formula is C15H16N4O4. The van der Waals surface area contributed by atoms with E-state index in [0.717, 1.165) is 4.57 Å². The predicted octanol–water partition coefficient (Wildman–Crippen LogP) is 0.732. The molecule has 8 nitrogen and oxygen atoms in total. The van der Waals surface area contributed by atoms with Crippen LogP contribution in [0.4, 0.5) is 0 Å². The van der Waals surface area contributed by atoms with Crippen molar-refractivity contribution in [3.63, 3.8) is 0 Å². The molecule has 0 bridgehead atoms. The van der Waals surface area contributed by atoms with Crippen LogP contribution in [0.25, 0.3) is 22.6 Å². The van der Waals surface area contributed by atoms with Gasteiger partial charge in [-0.15, -0.1) is 0 Å². The molecule has 0 saturated carbocycles. The van der Waals surface area contributed by atoms with Crippen LogP contribution in [0.3, 0.4) is 0 Å². The first-order valence-electron chi connectivity index (χ1n) is 7.06. The SMILES string of the molecule is CCOc1cc(-c2nc3c([nH]2)c(=O)n(C)c(=O)n3C)ccc1O. The molecule has 3 aromatic rings. The number of aryl methyl sites for hydroxylation is 1. The number of nitrogens with one attached hydrogen (secondary N) is 1. The molecule has 0 amide bonds. The number of imidazole rings is 1. The van der Waals surface area contributed by atoms with Gasteiger partial charge < -0.3 is 14.8 Å². The van der Waals surface area contributed by atoms with Crippen LogP contribution in [-0.2, 0) is 14.1 Å². The van der Waals surface area contributed by atoms with Gasteiger partial charge in [-0.2, -0.15) is 0 Å². The Labute approximate surface area is 130 Å². The summed E-state index contributed by atoms with van der Waals surface area (Å²) in [5.41, 5.74) is 0.277. The highest BCUT2D eigenvalue weighted by atomic mass is 16.5. The van der Waals surface area contributed by atoms with E-state index in [1.165, 1.54) is 17.7 Å². The van der Waals surface area contributed by atoms with Gasteiger partial charge in [0.25, 0.3) is 5.56 Å². The molecular weight excluding hydrogens is 300 g/mol. The van der Waals surface area contributed by atoms with E-state index in [9.17, 15) is 14.7 Å². The summed E-state index contributed by atoms with van der Waals surface area (Å²) in [6.07, 6.45) is 0. The maximum atomic E-state index is 12.2. The van der Waals surface area contributed by atoms with E-state index in [4.69, 9.17) is 4.74 Å². The van der Waals surface area contributed by atoms with E-state index < -0.39 is 11.2 Å². The number of hydrogen-bond donors (Lipinski definition) is 2. The van der Waals surface area contributed by atoms with E-state index in [-0.39, 0.29) is 16.9 Å². The van der Waals surface area contributed by atoms with Crippen molar-refractivity contribution in [3.8, 4) is 22.9 Å². The number of aromatic hydroxyl groups is 1. The topological polar surface area (TPSA) is 102 Å². The molecule has 0 aliphatic rings. The van der Waals surface area contributed by atoms with Gasteiger partial charge in [-0.3, -0.25) is 13.9 Å². The lowest BCUT2D eigenvalue weighted by atomic mass is 10.2. The average molecular weight is 316 g/mol. The molecule has 0 radical (unpaired) electrons. The van der Waals surface area contributed by atoms with Crippen LogP contribution in [0.15, 0.2) is 27.8 Å². The fraction of sp³-hybridized carbons (Fsp3) is 0.267. The van der Waals surface area contributed by atoms with E-state index in [0.29, 0.717) is 23.7 Å². The predicted molar refractivity (Wildman–Crippen MR) is 84.8 cm³/mol. The van der Waals surface area contributed by atoms with Crippen LogP contribution < -0.4 is 16.0 Å². The number of phenolic OH excluding ortho intramolecular Hbond substituents is 1. The zero-order chi connectivity index (χ0) is 16.7. The highest BCUT2D eigenvalue weighted by molar-refractivity contribution is 5.76. The first kappa shape index (κ1) is 14.9. The van der Waals surface area contributed by atoms with Crippen molar-refractivity contribution in [2.75, 3.05) is 6.61 Å². The van der Waals surface area contributed by atoms with Crippen LogP contribution in [0.5, 0.6) is 11.5 Å². The number of phenols is 1. The van der Waals surface area contributed by atoms with Crippen LogP contribution >= 0.6 is 0 Å². The zero-order valence-corrected chi connectivity index (χ0v) is 13.0. The van der Waals surface area contributed by atoms with Gasteiger partial charge in [-0.1, -0.05) is 0 Å². The second-order valence-electron chi connectivity index (χ2n) is 5.11. The molecule has 0 unspecified atom stereocenters. The second kappa shape index (κ2) is 5.31. The molecule has 0 saturated heterocycles. The molecule has 2 aromatic heterocycles. The highest BCUT2D eigenvalue weighted by Gasteiger charge is 2.15. The number of benzene rings is 1. The molecule has 120 valence electrons. The lowest BCUT2D eigenvalue weighted by molar-refractivity contribution is 0.318. The van der Waals surface area contributed by atoms with Gasteiger partial charge in [0.15, 0.2) is 17.1 Å². The van der Waals surface area contributed by atoms with Gasteiger partial charge in [0, 0.05) is 19.7 Å².